The molecule has 0 saturated carbocycles. The Morgan fingerprint density at radius 2 is 1.92 bits per heavy atom. The zero-order valence-electron chi connectivity index (χ0n) is 14.7. The molecule has 2 N–H and O–H groups in total. The van der Waals surface area contributed by atoms with E-state index in [1.54, 1.807) is 26.4 Å². The number of rotatable bonds is 3. The van der Waals surface area contributed by atoms with Gasteiger partial charge in [-0.1, -0.05) is 11.6 Å². The Labute approximate surface area is 157 Å². The summed E-state index contributed by atoms with van der Waals surface area (Å²) in [6, 6.07) is 5.74. The van der Waals surface area contributed by atoms with Crippen molar-refractivity contribution in [2.75, 3.05) is 37.9 Å². The molecule has 2 aromatic rings. The Bertz CT molecular complexity index is 930. The first kappa shape index (κ1) is 16.8. The van der Waals surface area contributed by atoms with E-state index in [0.717, 1.165) is 48.4 Å². The molecule has 0 unspecified atom stereocenters. The first-order valence-electron chi connectivity index (χ1n) is 8.49. The van der Waals surface area contributed by atoms with Crippen LogP contribution in [0.25, 0.3) is 11.1 Å². The van der Waals surface area contributed by atoms with Gasteiger partial charge in [-0.15, -0.1) is 0 Å². The van der Waals surface area contributed by atoms with Crippen LogP contribution in [0.2, 0.25) is 5.02 Å². The van der Waals surface area contributed by atoms with Crippen LogP contribution in [-0.2, 0) is 0 Å². The van der Waals surface area contributed by atoms with Crippen molar-refractivity contribution >= 4 is 23.1 Å². The molecular formula is C19H19ClN4O2. The summed E-state index contributed by atoms with van der Waals surface area (Å²) >= 11 is 6.38. The lowest BCUT2D eigenvalue weighted by atomic mass is 9.82. The predicted octanol–water partition coefficient (Wildman–Crippen LogP) is 3.57. The molecule has 0 spiro atoms. The normalized spacial score (nSPS) is 15.5. The Morgan fingerprint density at radius 3 is 2.54 bits per heavy atom. The Balaban J connectivity index is 2.07. The molecule has 1 aromatic carbocycles. The molecule has 134 valence electrons. The number of hydrogen-bond donors (Lipinski definition) is 1. The minimum atomic E-state index is 0.254. The van der Waals surface area contributed by atoms with Gasteiger partial charge in [0.25, 0.3) is 0 Å². The van der Waals surface area contributed by atoms with Gasteiger partial charge in [0.15, 0.2) is 0 Å². The molecule has 0 aliphatic carbocycles. The van der Waals surface area contributed by atoms with Gasteiger partial charge in [0, 0.05) is 36.2 Å². The molecule has 1 saturated heterocycles. The number of piperidine rings is 1. The number of hydrogen-bond acceptors (Lipinski definition) is 6. The number of nitrogens with zero attached hydrogens (tertiary/aromatic N) is 3. The van der Waals surface area contributed by atoms with Crippen LogP contribution in [0.4, 0.5) is 11.5 Å². The molecule has 4 heterocycles. The van der Waals surface area contributed by atoms with E-state index in [1.807, 2.05) is 0 Å². The van der Waals surface area contributed by atoms with Crippen LogP contribution in [0, 0.1) is 11.3 Å². The summed E-state index contributed by atoms with van der Waals surface area (Å²) in [7, 11) is 3.14. The molecule has 6 nitrogen and oxygen atoms in total. The van der Waals surface area contributed by atoms with Crippen LogP contribution in [-0.4, -0.2) is 32.3 Å². The molecule has 5 rings (SSSR count). The second-order valence-corrected chi connectivity index (χ2v) is 6.95. The second-order valence-electron chi connectivity index (χ2n) is 6.54. The third kappa shape index (κ3) is 2.35. The van der Waals surface area contributed by atoms with E-state index in [2.05, 4.69) is 16.0 Å². The van der Waals surface area contributed by atoms with Gasteiger partial charge in [-0.05, 0) is 18.9 Å². The molecule has 0 atom stereocenters. The van der Waals surface area contributed by atoms with Crippen molar-refractivity contribution < 1.29 is 9.47 Å². The lowest BCUT2D eigenvalue weighted by Gasteiger charge is -2.43. The van der Waals surface area contributed by atoms with E-state index < -0.39 is 0 Å². The summed E-state index contributed by atoms with van der Waals surface area (Å²) in [5, 5.41) is 10.2. The first-order valence-corrected chi connectivity index (χ1v) is 8.87. The number of fused-ring (bicyclic) bond motifs is 2. The minimum absolute atomic E-state index is 0.254. The molecule has 3 aliphatic rings. The number of benzene rings is 1. The van der Waals surface area contributed by atoms with E-state index in [1.165, 1.54) is 0 Å². The summed E-state index contributed by atoms with van der Waals surface area (Å²) in [5.74, 6) is 1.73. The Kier molecular flexibility index (Phi) is 4.04. The van der Waals surface area contributed by atoms with Gasteiger partial charge in [0.1, 0.15) is 28.9 Å². The van der Waals surface area contributed by atoms with Crippen molar-refractivity contribution in [2.45, 2.75) is 18.8 Å². The number of anilines is 2. The topological polar surface area (TPSA) is 84.4 Å². The van der Waals surface area contributed by atoms with Gasteiger partial charge in [-0.25, -0.2) is 4.98 Å². The summed E-state index contributed by atoms with van der Waals surface area (Å²) < 4.78 is 10.9. The fourth-order valence-electron chi connectivity index (χ4n) is 4.03. The maximum Gasteiger partial charge on any atom is 0.142 e. The van der Waals surface area contributed by atoms with Gasteiger partial charge >= 0.3 is 0 Å². The molecule has 7 heteroatoms. The van der Waals surface area contributed by atoms with Crippen LogP contribution >= 0.6 is 11.6 Å². The Hall–Kier alpha value is -2.65. The number of nitriles is 1. The van der Waals surface area contributed by atoms with Gasteiger partial charge in [0.2, 0.25) is 0 Å². The number of halogens is 1. The quantitative estimate of drug-likeness (QED) is 0.889. The van der Waals surface area contributed by atoms with Crippen LogP contribution in [0.5, 0.6) is 11.5 Å². The predicted molar refractivity (Wildman–Crippen MR) is 101 cm³/mol. The molecule has 0 amide bonds. The summed E-state index contributed by atoms with van der Waals surface area (Å²) in [5.41, 5.74) is 9.96. The van der Waals surface area contributed by atoms with Gasteiger partial charge in [-0.2, -0.15) is 5.26 Å². The van der Waals surface area contributed by atoms with E-state index in [-0.39, 0.29) is 5.82 Å². The van der Waals surface area contributed by atoms with Crippen molar-refractivity contribution in [1.82, 2.24) is 4.98 Å². The van der Waals surface area contributed by atoms with Crippen molar-refractivity contribution in [2.24, 2.45) is 0 Å². The molecule has 26 heavy (non-hydrogen) atoms. The largest absolute Gasteiger partial charge is 0.496 e. The highest BCUT2D eigenvalue weighted by atomic mass is 35.5. The highest BCUT2D eigenvalue weighted by Crippen LogP contribution is 2.51. The third-order valence-corrected chi connectivity index (χ3v) is 5.57. The molecule has 2 bridgehead atoms. The SMILES string of the molecule is COc1cc(OC)c(-c2c(C#N)c(N)nc3c2N2CCC3CC2)cc1Cl. The summed E-state index contributed by atoms with van der Waals surface area (Å²) in [4.78, 5) is 6.87. The van der Waals surface area contributed by atoms with E-state index in [4.69, 9.17) is 26.8 Å². The fraction of sp³-hybridized carbons (Fsp3) is 0.368. The average molecular weight is 371 g/mol. The van der Waals surface area contributed by atoms with Crippen LogP contribution < -0.4 is 20.1 Å². The van der Waals surface area contributed by atoms with E-state index in [0.29, 0.717) is 28.0 Å². The number of aromatic nitrogens is 1. The number of nitrogen functional groups attached to an aromatic ring is 1. The fourth-order valence-corrected chi connectivity index (χ4v) is 4.27. The number of methoxy groups -OCH3 is 2. The van der Waals surface area contributed by atoms with Crippen molar-refractivity contribution in [3.63, 3.8) is 0 Å². The zero-order chi connectivity index (χ0) is 18.4. The van der Waals surface area contributed by atoms with Crippen molar-refractivity contribution in [1.29, 1.82) is 5.26 Å². The number of pyridine rings is 1. The maximum atomic E-state index is 9.78. The minimum Gasteiger partial charge on any atom is -0.496 e. The van der Waals surface area contributed by atoms with Crippen LogP contribution in [0.1, 0.15) is 30.0 Å². The average Bonchev–Trinajstić information content (AvgIpc) is 2.67. The molecule has 1 fully saturated rings. The van der Waals surface area contributed by atoms with Crippen molar-refractivity contribution in [3.05, 3.63) is 28.4 Å². The zero-order valence-corrected chi connectivity index (χ0v) is 15.4. The molecular weight excluding hydrogens is 352 g/mol. The Morgan fingerprint density at radius 1 is 1.23 bits per heavy atom. The number of ether oxygens (including phenoxy) is 2. The summed E-state index contributed by atoms with van der Waals surface area (Å²) in [6.07, 6.45) is 2.12. The highest BCUT2D eigenvalue weighted by molar-refractivity contribution is 6.32. The monoisotopic (exact) mass is 370 g/mol. The van der Waals surface area contributed by atoms with E-state index >= 15 is 0 Å². The summed E-state index contributed by atoms with van der Waals surface area (Å²) in [6.45, 7) is 1.90. The number of nitrogens with two attached hydrogens (primary N) is 1. The van der Waals surface area contributed by atoms with Gasteiger partial charge < -0.3 is 20.1 Å². The standard InChI is InChI=1S/C19H19ClN4O2/c1-25-14-8-15(26-2)13(20)7-11(14)16-12(9-21)19(22)23-17-10-3-5-24(6-4-10)18(16)17/h7-8,10H,3-6H2,1-2H3,(H2,22,23). The highest BCUT2D eigenvalue weighted by Gasteiger charge is 2.37. The van der Waals surface area contributed by atoms with Gasteiger partial charge in [0.05, 0.1) is 30.6 Å². The maximum absolute atomic E-state index is 9.78. The van der Waals surface area contributed by atoms with Crippen LogP contribution in [0.3, 0.4) is 0 Å². The lowest BCUT2D eigenvalue weighted by Crippen LogP contribution is -2.40. The lowest BCUT2D eigenvalue weighted by molar-refractivity contribution is 0.395. The molecule has 0 radical (unpaired) electrons. The molecule has 3 aliphatic heterocycles. The van der Waals surface area contributed by atoms with Crippen molar-refractivity contribution in [3.8, 4) is 28.7 Å². The molecule has 1 aromatic heterocycles. The smallest absolute Gasteiger partial charge is 0.142 e. The van der Waals surface area contributed by atoms with Crippen LogP contribution in [0.15, 0.2) is 12.1 Å². The second kappa shape index (κ2) is 6.26. The van der Waals surface area contributed by atoms with E-state index in [9.17, 15) is 5.26 Å². The first-order chi connectivity index (χ1) is 12.6. The third-order valence-electron chi connectivity index (χ3n) is 5.28. The van der Waals surface area contributed by atoms with Gasteiger partial charge in [-0.3, -0.25) is 0 Å².